The molecule has 0 spiro atoms. The van der Waals surface area contributed by atoms with Crippen molar-refractivity contribution in [1.82, 2.24) is 10.2 Å². The van der Waals surface area contributed by atoms with Gasteiger partial charge in [0.05, 0.1) is 22.9 Å². The van der Waals surface area contributed by atoms with Crippen LogP contribution in [-0.4, -0.2) is 79.6 Å². The number of sulfone groups is 1. The van der Waals surface area contributed by atoms with Crippen LogP contribution in [-0.2, 0) is 14.6 Å². The molecule has 1 aliphatic heterocycles. The van der Waals surface area contributed by atoms with Gasteiger partial charge in [0, 0.05) is 18.3 Å². The van der Waals surface area contributed by atoms with Crippen molar-refractivity contribution in [2.24, 2.45) is 0 Å². The molecule has 0 radical (unpaired) electrons. The molecule has 2 unspecified atom stereocenters. The first-order valence-electron chi connectivity index (χ1n) is 6.55. The zero-order valence-electron chi connectivity index (χ0n) is 12.3. The van der Waals surface area contributed by atoms with Crippen LogP contribution in [0.1, 0.15) is 13.3 Å². The van der Waals surface area contributed by atoms with Gasteiger partial charge >= 0.3 is 0 Å². The lowest BCUT2D eigenvalue weighted by molar-refractivity contribution is -0.119. The normalized spacial score (nSPS) is 24.6. The zero-order chi connectivity index (χ0) is 15.4. The maximum absolute atomic E-state index is 11.7. The summed E-state index contributed by atoms with van der Waals surface area (Å²) in [6, 6.07) is 0. The summed E-state index contributed by atoms with van der Waals surface area (Å²) in [6.07, 6.45) is 0.624. The van der Waals surface area contributed by atoms with Crippen LogP contribution < -0.4 is 5.32 Å². The standard InChI is InChI=1S/C12H24N2O4S2/c1-12(16,9-14(2)3)8-13-11(15)6-19-10-4-5-20(17,18)7-10/h10,16H,4-9H2,1-3H3,(H,13,15). The van der Waals surface area contributed by atoms with E-state index < -0.39 is 15.4 Å². The number of nitrogens with zero attached hydrogens (tertiary/aromatic N) is 1. The molecule has 0 bridgehead atoms. The van der Waals surface area contributed by atoms with Crippen LogP contribution in [0, 0.1) is 0 Å². The van der Waals surface area contributed by atoms with E-state index in [0.29, 0.717) is 13.0 Å². The molecule has 8 heteroatoms. The maximum atomic E-state index is 11.7. The topological polar surface area (TPSA) is 86.7 Å². The van der Waals surface area contributed by atoms with Gasteiger partial charge in [0.15, 0.2) is 9.84 Å². The molecule has 0 saturated carbocycles. The van der Waals surface area contributed by atoms with Crippen molar-refractivity contribution in [2.45, 2.75) is 24.2 Å². The van der Waals surface area contributed by atoms with Crippen molar-refractivity contribution in [3.05, 3.63) is 0 Å². The van der Waals surface area contributed by atoms with Gasteiger partial charge < -0.3 is 15.3 Å². The number of hydrogen-bond acceptors (Lipinski definition) is 6. The van der Waals surface area contributed by atoms with Crippen LogP contribution >= 0.6 is 11.8 Å². The van der Waals surface area contributed by atoms with Crippen molar-refractivity contribution in [2.75, 3.05) is 44.4 Å². The molecule has 1 heterocycles. The van der Waals surface area contributed by atoms with Gasteiger partial charge in [-0.05, 0) is 27.4 Å². The zero-order valence-corrected chi connectivity index (χ0v) is 13.9. The highest BCUT2D eigenvalue weighted by molar-refractivity contribution is 8.02. The van der Waals surface area contributed by atoms with Gasteiger partial charge in [-0.2, -0.15) is 0 Å². The summed E-state index contributed by atoms with van der Waals surface area (Å²) in [5.74, 6) is 0.462. The van der Waals surface area contributed by atoms with E-state index in [1.54, 1.807) is 6.92 Å². The Balaban J connectivity index is 2.24. The van der Waals surface area contributed by atoms with Gasteiger partial charge in [-0.3, -0.25) is 4.79 Å². The molecule has 2 N–H and O–H groups in total. The van der Waals surface area contributed by atoms with Gasteiger partial charge in [-0.1, -0.05) is 0 Å². The Bertz CT molecular complexity index is 435. The second kappa shape index (κ2) is 7.11. The SMILES string of the molecule is CN(C)CC(C)(O)CNC(=O)CSC1CCS(=O)(=O)C1. The molecule has 6 nitrogen and oxygen atoms in total. The van der Waals surface area contributed by atoms with E-state index in [9.17, 15) is 18.3 Å². The summed E-state index contributed by atoms with van der Waals surface area (Å²) in [4.78, 5) is 13.5. The molecule has 0 aromatic heterocycles. The van der Waals surface area contributed by atoms with E-state index in [2.05, 4.69) is 5.32 Å². The molecule has 0 aromatic rings. The molecule has 1 rings (SSSR count). The van der Waals surface area contributed by atoms with Crippen LogP contribution in [0.4, 0.5) is 0 Å². The first-order valence-corrected chi connectivity index (χ1v) is 9.42. The first-order chi connectivity index (χ1) is 9.10. The number of aliphatic hydroxyl groups is 1. The Kier molecular flexibility index (Phi) is 6.30. The molecule has 2 atom stereocenters. The number of carbonyl (C=O) groups excluding carboxylic acids is 1. The van der Waals surface area contributed by atoms with Crippen molar-refractivity contribution < 1.29 is 18.3 Å². The van der Waals surface area contributed by atoms with E-state index in [4.69, 9.17) is 0 Å². The van der Waals surface area contributed by atoms with E-state index in [1.807, 2.05) is 19.0 Å². The third-order valence-corrected chi connectivity index (χ3v) is 6.25. The summed E-state index contributed by atoms with van der Waals surface area (Å²) in [5.41, 5.74) is -0.972. The summed E-state index contributed by atoms with van der Waals surface area (Å²) < 4.78 is 22.6. The molecule has 118 valence electrons. The van der Waals surface area contributed by atoms with E-state index in [1.165, 1.54) is 11.8 Å². The van der Waals surface area contributed by atoms with Gasteiger partial charge in [0.25, 0.3) is 0 Å². The Morgan fingerprint density at radius 2 is 2.15 bits per heavy atom. The first kappa shape index (κ1) is 17.7. The number of amides is 1. The quantitative estimate of drug-likeness (QED) is 0.646. The number of nitrogens with one attached hydrogen (secondary N) is 1. The second-order valence-corrected chi connectivity index (χ2v) is 9.36. The van der Waals surface area contributed by atoms with Crippen LogP contribution in [0.2, 0.25) is 0 Å². The summed E-state index contributed by atoms with van der Waals surface area (Å²) in [5, 5.41) is 12.7. The Morgan fingerprint density at radius 3 is 2.65 bits per heavy atom. The van der Waals surface area contributed by atoms with Crippen LogP contribution in [0.25, 0.3) is 0 Å². The fourth-order valence-corrected chi connectivity index (χ4v) is 5.64. The van der Waals surface area contributed by atoms with Crippen molar-refractivity contribution >= 4 is 27.5 Å². The highest BCUT2D eigenvalue weighted by Gasteiger charge is 2.29. The molecule has 1 saturated heterocycles. The molecule has 1 aliphatic rings. The molecule has 0 aromatic carbocycles. The van der Waals surface area contributed by atoms with Crippen LogP contribution in [0.5, 0.6) is 0 Å². The van der Waals surface area contributed by atoms with Crippen molar-refractivity contribution in [3.8, 4) is 0 Å². The van der Waals surface area contributed by atoms with Crippen molar-refractivity contribution in [3.63, 3.8) is 0 Å². The van der Waals surface area contributed by atoms with Gasteiger partial charge in [-0.25, -0.2) is 8.42 Å². The number of rotatable bonds is 7. The minimum atomic E-state index is -2.89. The lowest BCUT2D eigenvalue weighted by Crippen LogP contribution is -2.47. The predicted molar refractivity (Wildman–Crippen MR) is 81.7 cm³/mol. The average Bonchev–Trinajstić information content (AvgIpc) is 2.62. The number of thioether (sulfide) groups is 1. The van der Waals surface area contributed by atoms with Gasteiger partial charge in [0.1, 0.15) is 0 Å². The lowest BCUT2D eigenvalue weighted by atomic mass is 10.1. The third-order valence-electron chi connectivity index (χ3n) is 2.96. The molecule has 0 aliphatic carbocycles. The second-order valence-electron chi connectivity index (χ2n) is 5.85. The fourth-order valence-electron chi connectivity index (χ4n) is 2.16. The third kappa shape index (κ3) is 6.92. The summed E-state index contributed by atoms with van der Waals surface area (Å²) in [7, 11) is 0.817. The summed E-state index contributed by atoms with van der Waals surface area (Å²) >= 11 is 1.38. The monoisotopic (exact) mass is 324 g/mol. The Hall–Kier alpha value is -0.310. The predicted octanol–water partition coefficient (Wildman–Crippen LogP) is -0.664. The molecular weight excluding hydrogens is 300 g/mol. The minimum Gasteiger partial charge on any atom is -0.387 e. The number of carbonyl (C=O) groups is 1. The van der Waals surface area contributed by atoms with E-state index in [0.717, 1.165) is 0 Å². The summed E-state index contributed by atoms with van der Waals surface area (Å²) in [6.45, 7) is 2.32. The largest absolute Gasteiger partial charge is 0.387 e. The molecule has 1 amide bonds. The van der Waals surface area contributed by atoms with Gasteiger partial charge in [0.2, 0.25) is 5.91 Å². The molecule has 20 heavy (non-hydrogen) atoms. The average molecular weight is 324 g/mol. The highest BCUT2D eigenvalue weighted by Crippen LogP contribution is 2.23. The van der Waals surface area contributed by atoms with Crippen LogP contribution in [0.15, 0.2) is 0 Å². The fraction of sp³-hybridized carbons (Fsp3) is 0.917. The van der Waals surface area contributed by atoms with Gasteiger partial charge in [-0.15, -0.1) is 11.8 Å². The maximum Gasteiger partial charge on any atom is 0.230 e. The van der Waals surface area contributed by atoms with E-state index >= 15 is 0 Å². The van der Waals surface area contributed by atoms with E-state index in [-0.39, 0.29) is 35.0 Å². The smallest absolute Gasteiger partial charge is 0.230 e. The number of hydrogen-bond donors (Lipinski definition) is 2. The minimum absolute atomic E-state index is 0.0213. The number of likely N-dealkylation sites (N-methyl/N-ethyl adjacent to an activating group) is 1. The van der Waals surface area contributed by atoms with Crippen LogP contribution in [0.3, 0.4) is 0 Å². The molecular formula is C12H24N2O4S2. The molecule has 1 fully saturated rings. The van der Waals surface area contributed by atoms with Crippen molar-refractivity contribution in [1.29, 1.82) is 0 Å². The Morgan fingerprint density at radius 1 is 1.50 bits per heavy atom. The lowest BCUT2D eigenvalue weighted by Gasteiger charge is -2.27. The Labute approximate surface area is 125 Å². The highest BCUT2D eigenvalue weighted by atomic mass is 32.2.